The van der Waals surface area contributed by atoms with Crippen LogP contribution in [0, 0.1) is 0 Å². The largest absolute Gasteiger partial charge is 0.329 e. The molecule has 3 rings (SSSR count). The first kappa shape index (κ1) is 19.2. The Hall–Kier alpha value is -2.12. The molecule has 4 amide bonds. The average molecular weight is 367 g/mol. The van der Waals surface area contributed by atoms with E-state index in [1.165, 1.54) is 0 Å². The minimum Gasteiger partial charge on any atom is -0.329 e. The quantitative estimate of drug-likeness (QED) is 0.706. The van der Waals surface area contributed by atoms with E-state index in [-0.39, 0.29) is 37.3 Å². The molecule has 0 spiro atoms. The van der Waals surface area contributed by atoms with Crippen molar-refractivity contribution in [2.24, 2.45) is 5.73 Å². The normalized spacial score (nSPS) is 19.2. The number of nitrogens with one attached hydrogen (secondary N) is 2. The molecule has 1 heterocycles. The highest BCUT2D eigenvalue weighted by molar-refractivity contribution is 6.02. The van der Waals surface area contributed by atoms with Gasteiger partial charge in [-0.15, -0.1) is 12.4 Å². The van der Waals surface area contributed by atoms with Crippen LogP contribution in [0.1, 0.15) is 37.7 Å². The molecule has 1 aliphatic carbocycles. The van der Waals surface area contributed by atoms with Gasteiger partial charge in [-0.1, -0.05) is 31.4 Å². The average Bonchev–Trinajstić information content (AvgIpc) is 2.88. The van der Waals surface area contributed by atoms with Crippen LogP contribution in [0.15, 0.2) is 24.3 Å². The Morgan fingerprint density at radius 2 is 1.96 bits per heavy atom. The summed E-state index contributed by atoms with van der Waals surface area (Å²) in [5, 5.41) is 5.36. The zero-order chi connectivity index (χ0) is 17.2. The van der Waals surface area contributed by atoms with Crippen LogP contribution in [0.2, 0.25) is 0 Å². The third kappa shape index (κ3) is 4.29. The Morgan fingerprint density at radius 1 is 1.24 bits per heavy atom. The minimum atomic E-state index is -0.806. The van der Waals surface area contributed by atoms with Gasteiger partial charge in [0.25, 0.3) is 0 Å². The van der Waals surface area contributed by atoms with Crippen molar-refractivity contribution in [3.63, 3.8) is 0 Å². The van der Waals surface area contributed by atoms with Gasteiger partial charge in [0.2, 0.25) is 11.8 Å². The molecule has 25 heavy (non-hydrogen) atoms. The van der Waals surface area contributed by atoms with Crippen molar-refractivity contribution in [2.75, 3.05) is 11.9 Å². The minimum absolute atomic E-state index is 0. The van der Waals surface area contributed by atoms with Crippen molar-refractivity contribution in [2.45, 2.75) is 44.2 Å². The molecule has 0 unspecified atom stereocenters. The fourth-order valence-electron chi connectivity index (χ4n) is 3.21. The van der Waals surface area contributed by atoms with Crippen molar-refractivity contribution >= 4 is 35.9 Å². The molecule has 0 aromatic heterocycles. The summed E-state index contributed by atoms with van der Waals surface area (Å²) >= 11 is 0. The molecular formula is C17H23ClN4O3. The fourth-order valence-corrected chi connectivity index (χ4v) is 3.21. The van der Waals surface area contributed by atoms with E-state index in [9.17, 15) is 14.4 Å². The summed E-state index contributed by atoms with van der Waals surface area (Å²) in [5.41, 5.74) is 6.83. The molecule has 0 bridgehead atoms. The van der Waals surface area contributed by atoms with E-state index in [1.54, 1.807) is 18.2 Å². The Bertz CT molecular complexity index is 658. The monoisotopic (exact) mass is 366 g/mol. The first-order valence-electron chi connectivity index (χ1n) is 8.25. The number of carbonyl (C=O) groups excluding carboxylic acids is 3. The second kappa shape index (κ2) is 7.84. The van der Waals surface area contributed by atoms with Crippen LogP contribution < -0.4 is 16.4 Å². The van der Waals surface area contributed by atoms with E-state index in [4.69, 9.17) is 5.73 Å². The summed E-state index contributed by atoms with van der Waals surface area (Å²) in [6.45, 7) is 0.215. The standard InChI is InChI=1S/C17H22N4O3.ClH/c18-17(7-2-1-3-8-17)15(23)20-13-6-4-5-12(9-13)11-21-14(22)10-19-16(21)24;/h4-6,9H,1-3,7-8,10-11,18H2,(H,19,24)(H,20,23);1H. The number of urea groups is 1. The highest BCUT2D eigenvalue weighted by atomic mass is 35.5. The molecule has 0 radical (unpaired) electrons. The molecular weight excluding hydrogens is 344 g/mol. The maximum atomic E-state index is 12.5. The van der Waals surface area contributed by atoms with E-state index < -0.39 is 11.6 Å². The molecule has 8 heteroatoms. The number of hydrogen-bond donors (Lipinski definition) is 3. The molecule has 136 valence electrons. The first-order chi connectivity index (χ1) is 11.5. The van der Waals surface area contributed by atoms with Crippen LogP contribution in [0.3, 0.4) is 0 Å². The number of imide groups is 1. The lowest BCUT2D eigenvalue weighted by Gasteiger charge is -2.31. The predicted molar refractivity (Wildman–Crippen MR) is 96.3 cm³/mol. The molecule has 1 saturated heterocycles. The van der Waals surface area contributed by atoms with E-state index in [1.807, 2.05) is 6.07 Å². The zero-order valence-corrected chi connectivity index (χ0v) is 14.7. The number of nitrogens with two attached hydrogens (primary N) is 1. The molecule has 1 aliphatic heterocycles. The molecule has 2 fully saturated rings. The van der Waals surface area contributed by atoms with Crippen LogP contribution >= 0.6 is 12.4 Å². The number of benzene rings is 1. The SMILES string of the molecule is Cl.NC1(C(=O)Nc2cccc(CN3C(=O)CNC3=O)c2)CCCCC1. The van der Waals surface area contributed by atoms with Gasteiger partial charge in [0.1, 0.15) is 0 Å². The number of hydrogen-bond acceptors (Lipinski definition) is 4. The molecule has 1 saturated carbocycles. The topological polar surface area (TPSA) is 105 Å². The molecule has 0 atom stereocenters. The lowest BCUT2D eigenvalue weighted by Crippen LogP contribution is -2.52. The molecule has 7 nitrogen and oxygen atoms in total. The van der Waals surface area contributed by atoms with Gasteiger partial charge in [-0.25, -0.2) is 4.79 Å². The third-order valence-corrected chi connectivity index (χ3v) is 4.66. The second-order valence-corrected chi connectivity index (χ2v) is 6.51. The number of anilines is 1. The van der Waals surface area contributed by atoms with Crippen molar-refractivity contribution in [3.8, 4) is 0 Å². The Labute approximate surface area is 152 Å². The van der Waals surface area contributed by atoms with E-state index in [2.05, 4.69) is 10.6 Å². The zero-order valence-electron chi connectivity index (χ0n) is 13.9. The number of halogens is 1. The van der Waals surface area contributed by atoms with Crippen molar-refractivity contribution < 1.29 is 14.4 Å². The lowest BCUT2D eigenvalue weighted by atomic mass is 9.82. The molecule has 1 aromatic rings. The molecule has 4 N–H and O–H groups in total. The van der Waals surface area contributed by atoms with Crippen molar-refractivity contribution in [1.29, 1.82) is 0 Å². The van der Waals surface area contributed by atoms with Crippen LogP contribution in [0.5, 0.6) is 0 Å². The van der Waals surface area contributed by atoms with Crippen molar-refractivity contribution in [1.82, 2.24) is 10.2 Å². The van der Waals surface area contributed by atoms with Crippen LogP contribution in [-0.2, 0) is 16.1 Å². The lowest BCUT2D eigenvalue weighted by molar-refractivity contribution is -0.125. The van der Waals surface area contributed by atoms with Gasteiger partial charge < -0.3 is 16.4 Å². The van der Waals surface area contributed by atoms with Gasteiger partial charge in [-0.05, 0) is 30.5 Å². The number of amides is 4. The molecule has 1 aromatic carbocycles. The number of carbonyl (C=O) groups is 3. The van der Waals surface area contributed by atoms with Crippen molar-refractivity contribution in [3.05, 3.63) is 29.8 Å². The highest BCUT2D eigenvalue weighted by Gasteiger charge is 2.35. The highest BCUT2D eigenvalue weighted by Crippen LogP contribution is 2.27. The maximum Gasteiger partial charge on any atom is 0.324 e. The number of rotatable bonds is 4. The Kier molecular flexibility index (Phi) is 6.02. The van der Waals surface area contributed by atoms with Gasteiger partial charge in [-0.3, -0.25) is 14.5 Å². The summed E-state index contributed by atoms with van der Waals surface area (Å²) in [6.07, 6.45) is 4.45. The fraction of sp³-hybridized carbons (Fsp3) is 0.471. The first-order valence-corrected chi connectivity index (χ1v) is 8.25. The van der Waals surface area contributed by atoms with Gasteiger partial charge in [0, 0.05) is 5.69 Å². The van der Waals surface area contributed by atoms with E-state index in [0.29, 0.717) is 18.5 Å². The van der Waals surface area contributed by atoms with Crippen LogP contribution in [-0.4, -0.2) is 34.8 Å². The third-order valence-electron chi connectivity index (χ3n) is 4.66. The summed E-state index contributed by atoms with van der Waals surface area (Å²) in [7, 11) is 0. The predicted octanol–water partition coefficient (Wildman–Crippen LogP) is 1.76. The number of nitrogens with zero attached hydrogens (tertiary/aromatic N) is 1. The van der Waals surface area contributed by atoms with Gasteiger partial charge >= 0.3 is 6.03 Å². The second-order valence-electron chi connectivity index (χ2n) is 6.51. The summed E-state index contributed by atoms with van der Waals surface area (Å²) in [6, 6.07) is 6.75. The Morgan fingerprint density at radius 3 is 2.60 bits per heavy atom. The summed E-state index contributed by atoms with van der Waals surface area (Å²) in [5.74, 6) is -0.424. The van der Waals surface area contributed by atoms with Gasteiger partial charge in [0.05, 0.1) is 18.6 Å². The van der Waals surface area contributed by atoms with E-state index in [0.717, 1.165) is 29.7 Å². The Balaban J connectivity index is 0.00000225. The maximum absolute atomic E-state index is 12.5. The van der Waals surface area contributed by atoms with E-state index >= 15 is 0 Å². The summed E-state index contributed by atoms with van der Waals surface area (Å²) in [4.78, 5) is 36.9. The van der Waals surface area contributed by atoms with Gasteiger partial charge in [-0.2, -0.15) is 0 Å². The van der Waals surface area contributed by atoms with Gasteiger partial charge in [0.15, 0.2) is 0 Å². The summed E-state index contributed by atoms with van der Waals surface area (Å²) < 4.78 is 0. The van der Waals surface area contributed by atoms with Crippen LogP contribution in [0.4, 0.5) is 10.5 Å². The smallest absolute Gasteiger partial charge is 0.324 e. The van der Waals surface area contributed by atoms with Crippen LogP contribution in [0.25, 0.3) is 0 Å². The molecule has 2 aliphatic rings.